The normalized spacial score (nSPS) is 17.9. The molecule has 186 valence electrons. The summed E-state index contributed by atoms with van der Waals surface area (Å²) in [5.41, 5.74) is 2.52. The number of piperidine rings is 1. The third-order valence-corrected chi connectivity index (χ3v) is 7.90. The molecule has 7 nitrogen and oxygen atoms in total. The lowest BCUT2D eigenvalue weighted by atomic mass is 9.73. The van der Waals surface area contributed by atoms with Crippen LogP contribution in [0.15, 0.2) is 48.5 Å². The number of carboxylic acids is 1. The van der Waals surface area contributed by atoms with Gasteiger partial charge in [0, 0.05) is 12.5 Å². The van der Waals surface area contributed by atoms with Crippen molar-refractivity contribution in [1.82, 2.24) is 10.2 Å². The maximum Gasteiger partial charge on any atom is 0.407 e. The molecule has 4 rings (SSSR count). The van der Waals surface area contributed by atoms with Crippen LogP contribution in [0.4, 0.5) is 4.79 Å². The van der Waals surface area contributed by atoms with Gasteiger partial charge in [-0.05, 0) is 69.2 Å². The summed E-state index contributed by atoms with van der Waals surface area (Å²) >= 11 is 0. The van der Waals surface area contributed by atoms with Gasteiger partial charge in [0.05, 0.1) is 11.0 Å². The topological polar surface area (TPSA) is 95.9 Å². The Morgan fingerprint density at radius 2 is 1.54 bits per heavy atom. The summed E-state index contributed by atoms with van der Waals surface area (Å²) < 4.78 is 5.69. The highest BCUT2D eigenvalue weighted by Crippen LogP contribution is 2.44. The number of carbonyl (C=O) groups is 3. The smallest absolute Gasteiger partial charge is 0.407 e. The molecule has 1 fully saturated rings. The number of carbonyl (C=O) groups excluding carboxylic acids is 2. The lowest BCUT2D eigenvalue weighted by molar-refractivity contribution is -0.158. The molecule has 1 atom stereocenters. The number of rotatable bonds is 6. The summed E-state index contributed by atoms with van der Waals surface area (Å²) in [6.07, 6.45) is 1.39. The van der Waals surface area contributed by atoms with Crippen LogP contribution in [0.25, 0.3) is 11.1 Å². The second-order valence-corrected chi connectivity index (χ2v) is 10.5. The van der Waals surface area contributed by atoms with Crippen LogP contribution >= 0.6 is 0 Å². The minimum Gasteiger partial charge on any atom is -0.480 e. The first kappa shape index (κ1) is 24.8. The zero-order valence-corrected chi connectivity index (χ0v) is 20.8. The van der Waals surface area contributed by atoms with Crippen molar-refractivity contribution >= 4 is 18.0 Å². The Hall–Kier alpha value is -3.35. The summed E-state index contributed by atoms with van der Waals surface area (Å²) in [6.45, 7) is 7.61. The van der Waals surface area contributed by atoms with Gasteiger partial charge in [-0.2, -0.15) is 0 Å². The molecule has 1 aliphatic carbocycles. The summed E-state index contributed by atoms with van der Waals surface area (Å²) in [5.74, 6) is -1.33. The van der Waals surface area contributed by atoms with E-state index < -0.39 is 29.1 Å². The van der Waals surface area contributed by atoms with Crippen molar-refractivity contribution in [3.05, 3.63) is 59.7 Å². The Labute approximate surface area is 206 Å². The van der Waals surface area contributed by atoms with E-state index in [1.165, 1.54) is 4.90 Å². The molecule has 0 aromatic heterocycles. The van der Waals surface area contributed by atoms with Crippen molar-refractivity contribution < 1.29 is 24.2 Å². The summed E-state index contributed by atoms with van der Waals surface area (Å²) in [6, 6.07) is 15.4. The maximum atomic E-state index is 13.5. The number of alkyl carbamates (subject to hydrolysis) is 1. The number of carboxylic acid groups (broad SMARTS) is 1. The van der Waals surface area contributed by atoms with Crippen molar-refractivity contribution in [2.24, 2.45) is 5.41 Å². The second kappa shape index (κ2) is 9.36. The molecule has 0 radical (unpaired) electrons. The Balaban J connectivity index is 1.45. The average Bonchev–Trinajstić information content (AvgIpc) is 3.15. The van der Waals surface area contributed by atoms with E-state index in [2.05, 4.69) is 29.6 Å². The Morgan fingerprint density at radius 3 is 2.11 bits per heavy atom. The minimum absolute atomic E-state index is 0.0596. The van der Waals surface area contributed by atoms with Gasteiger partial charge in [0.15, 0.2) is 0 Å². The molecule has 0 spiro atoms. The van der Waals surface area contributed by atoms with Gasteiger partial charge in [0.1, 0.15) is 12.6 Å². The molecule has 0 saturated carbocycles. The fraction of sp³-hybridized carbons (Fsp3) is 0.464. The van der Waals surface area contributed by atoms with E-state index in [4.69, 9.17) is 4.74 Å². The highest BCUT2D eigenvalue weighted by molar-refractivity contribution is 5.89. The van der Waals surface area contributed by atoms with Gasteiger partial charge in [-0.1, -0.05) is 48.5 Å². The number of fused-ring (bicyclic) bond motifs is 3. The summed E-state index contributed by atoms with van der Waals surface area (Å²) in [5, 5.41) is 12.5. The van der Waals surface area contributed by atoms with Gasteiger partial charge < -0.3 is 20.1 Å². The van der Waals surface area contributed by atoms with Gasteiger partial charge >= 0.3 is 12.1 Å². The van der Waals surface area contributed by atoms with Crippen LogP contribution in [-0.2, 0) is 14.3 Å². The monoisotopic (exact) mass is 478 g/mol. The Bertz CT molecular complexity index is 1090. The Morgan fingerprint density at radius 1 is 0.971 bits per heavy atom. The lowest BCUT2D eigenvalue weighted by Crippen LogP contribution is -2.62. The molecule has 2 N–H and O–H groups in total. The van der Waals surface area contributed by atoms with Gasteiger partial charge in [-0.25, -0.2) is 9.59 Å². The van der Waals surface area contributed by atoms with Crippen molar-refractivity contribution in [3.63, 3.8) is 0 Å². The lowest BCUT2D eigenvalue weighted by Gasteiger charge is -2.45. The molecule has 2 aliphatic rings. The molecule has 1 heterocycles. The standard InChI is InChI=1S/C28H34N2O5/c1-27(2,25(33)30-16-10-9-15-23(30)24(31)32)28(3,4)29-26(34)35-17-22-20-13-7-5-11-18(20)19-12-6-8-14-21(19)22/h5-8,11-14,22-23H,9-10,15-17H2,1-4H3,(H,29,34)(H,31,32). The molecule has 2 amide bonds. The van der Waals surface area contributed by atoms with Crippen LogP contribution in [-0.4, -0.2) is 52.7 Å². The zero-order chi connectivity index (χ0) is 25.4. The number of amides is 2. The molecular weight excluding hydrogens is 444 g/mol. The minimum atomic E-state index is -1.05. The van der Waals surface area contributed by atoms with Crippen LogP contribution in [0, 0.1) is 5.41 Å². The van der Waals surface area contributed by atoms with Crippen LogP contribution < -0.4 is 5.32 Å². The number of benzene rings is 2. The predicted molar refractivity (Wildman–Crippen MR) is 133 cm³/mol. The van der Waals surface area contributed by atoms with Gasteiger partial charge in [0.25, 0.3) is 0 Å². The maximum absolute atomic E-state index is 13.5. The van der Waals surface area contributed by atoms with Crippen LogP contribution in [0.1, 0.15) is 64.0 Å². The number of nitrogens with one attached hydrogen (secondary N) is 1. The highest BCUT2D eigenvalue weighted by Gasteiger charge is 2.49. The molecule has 1 saturated heterocycles. The van der Waals surface area contributed by atoms with E-state index >= 15 is 0 Å². The number of nitrogens with zero attached hydrogens (tertiary/aromatic N) is 1. The third kappa shape index (κ3) is 4.51. The van der Waals surface area contributed by atoms with Crippen molar-refractivity contribution in [2.45, 2.75) is 64.5 Å². The molecule has 2 aromatic rings. The van der Waals surface area contributed by atoms with E-state index in [1.807, 2.05) is 24.3 Å². The molecule has 35 heavy (non-hydrogen) atoms. The van der Waals surface area contributed by atoms with E-state index in [9.17, 15) is 19.5 Å². The number of aliphatic carboxylic acids is 1. The fourth-order valence-corrected chi connectivity index (χ4v) is 5.10. The quantitative estimate of drug-likeness (QED) is 0.622. The first-order valence-electron chi connectivity index (χ1n) is 12.2. The van der Waals surface area contributed by atoms with Gasteiger partial charge in [-0.3, -0.25) is 4.79 Å². The second-order valence-electron chi connectivity index (χ2n) is 10.5. The first-order chi connectivity index (χ1) is 16.5. The number of likely N-dealkylation sites (tertiary alicyclic amines) is 1. The van der Waals surface area contributed by atoms with E-state index in [0.717, 1.165) is 35.1 Å². The highest BCUT2D eigenvalue weighted by atomic mass is 16.5. The van der Waals surface area contributed by atoms with Crippen molar-refractivity contribution in [2.75, 3.05) is 13.2 Å². The van der Waals surface area contributed by atoms with Crippen molar-refractivity contribution in [1.29, 1.82) is 0 Å². The Kier molecular flexibility index (Phi) is 6.62. The first-order valence-corrected chi connectivity index (χ1v) is 12.2. The molecule has 1 unspecified atom stereocenters. The van der Waals surface area contributed by atoms with Crippen LogP contribution in [0.2, 0.25) is 0 Å². The van der Waals surface area contributed by atoms with Gasteiger partial charge in [-0.15, -0.1) is 0 Å². The van der Waals surface area contributed by atoms with Gasteiger partial charge in [0.2, 0.25) is 5.91 Å². The predicted octanol–water partition coefficient (Wildman–Crippen LogP) is 4.80. The fourth-order valence-electron chi connectivity index (χ4n) is 5.10. The molecule has 7 heteroatoms. The number of hydrogen-bond acceptors (Lipinski definition) is 4. The summed E-state index contributed by atoms with van der Waals surface area (Å²) in [7, 11) is 0. The number of hydrogen-bond donors (Lipinski definition) is 2. The molecule has 2 aromatic carbocycles. The molecule has 1 aliphatic heterocycles. The zero-order valence-electron chi connectivity index (χ0n) is 20.8. The van der Waals surface area contributed by atoms with E-state index in [0.29, 0.717) is 13.0 Å². The molecule has 0 bridgehead atoms. The average molecular weight is 479 g/mol. The summed E-state index contributed by atoms with van der Waals surface area (Å²) in [4.78, 5) is 39.6. The largest absolute Gasteiger partial charge is 0.480 e. The van der Waals surface area contributed by atoms with Crippen molar-refractivity contribution in [3.8, 4) is 11.1 Å². The SMILES string of the molecule is CC(C)(NC(=O)OCC1c2ccccc2-c2ccccc21)C(C)(C)C(=O)N1CCCCC1C(=O)O. The third-order valence-electron chi connectivity index (χ3n) is 7.90. The number of ether oxygens (including phenoxy) is 1. The van der Waals surface area contributed by atoms with E-state index in [-0.39, 0.29) is 18.4 Å². The van der Waals surface area contributed by atoms with E-state index in [1.54, 1.807) is 27.7 Å². The van der Waals surface area contributed by atoms with Crippen LogP contribution in [0.5, 0.6) is 0 Å². The van der Waals surface area contributed by atoms with Crippen LogP contribution in [0.3, 0.4) is 0 Å². The molecular formula is C28H34N2O5.